The van der Waals surface area contributed by atoms with E-state index in [-0.39, 0.29) is 48.9 Å². The van der Waals surface area contributed by atoms with E-state index in [1.165, 1.54) is 21.7 Å². The highest BCUT2D eigenvalue weighted by molar-refractivity contribution is 6.31. The average molecular weight is 953 g/mol. The number of nitrogens with zero attached hydrogens (tertiary/aromatic N) is 5. The van der Waals surface area contributed by atoms with Crippen LogP contribution in [0.2, 0.25) is 5.02 Å². The highest BCUT2D eigenvalue weighted by atomic mass is 35.5. The van der Waals surface area contributed by atoms with Crippen LogP contribution < -0.4 is 15.8 Å². The summed E-state index contributed by atoms with van der Waals surface area (Å²) in [6.07, 6.45) is -1.61. The first-order valence-corrected chi connectivity index (χ1v) is 22.9. The Hall–Kier alpha value is -6.76. The Kier molecular flexibility index (Phi) is 13.5. The smallest absolute Gasteiger partial charge is 0.379 e. The monoisotopic (exact) mass is 952 g/mol. The van der Waals surface area contributed by atoms with Crippen LogP contribution in [0.5, 0.6) is 0 Å². The zero-order valence-corrected chi connectivity index (χ0v) is 37.6. The number of aromatic amines is 2. The van der Waals surface area contributed by atoms with E-state index in [0.717, 1.165) is 47.4 Å². The molecule has 354 valence electrons. The van der Waals surface area contributed by atoms with Crippen LogP contribution in [0.3, 0.4) is 0 Å². The van der Waals surface area contributed by atoms with Crippen LogP contribution in [0, 0.1) is 0 Å². The Morgan fingerprint density at radius 2 is 1.56 bits per heavy atom. The van der Waals surface area contributed by atoms with Crippen LogP contribution in [0.4, 0.5) is 18.9 Å². The van der Waals surface area contributed by atoms with E-state index in [4.69, 9.17) is 21.1 Å². The van der Waals surface area contributed by atoms with Crippen molar-refractivity contribution in [2.75, 3.05) is 57.5 Å². The maximum atomic E-state index is 13.9. The number of rotatable bonds is 16. The van der Waals surface area contributed by atoms with Gasteiger partial charge in [-0.2, -0.15) is 17.9 Å². The predicted molar refractivity (Wildman–Crippen MR) is 247 cm³/mol. The molecule has 0 aliphatic carbocycles. The number of aromatic nitrogens is 4. The number of imidazole rings is 1. The van der Waals surface area contributed by atoms with Crippen LogP contribution in [0.25, 0.3) is 28.2 Å². The minimum Gasteiger partial charge on any atom is -0.379 e. The van der Waals surface area contributed by atoms with Crippen LogP contribution >= 0.6 is 11.6 Å². The lowest BCUT2D eigenvalue weighted by molar-refractivity contribution is -0.138. The van der Waals surface area contributed by atoms with Crippen LogP contribution in [-0.2, 0) is 55.8 Å². The molecule has 1 unspecified atom stereocenters. The lowest BCUT2D eigenvalue weighted by Gasteiger charge is -2.36. The Morgan fingerprint density at radius 1 is 0.824 bits per heavy atom. The molecule has 6 aromatic rings. The van der Waals surface area contributed by atoms with Gasteiger partial charge in [0.05, 0.1) is 35.5 Å². The molecule has 0 radical (unpaired) electrons. The Bertz CT molecular complexity index is 2910. The zero-order valence-electron chi connectivity index (χ0n) is 36.9. The largest absolute Gasteiger partial charge is 0.416 e. The van der Waals surface area contributed by atoms with Gasteiger partial charge in [0, 0.05) is 67.6 Å². The van der Waals surface area contributed by atoms with Gasteiger partial charge in [-0.15, -0.1) is 0 Å². The van der Waals surface area contributed by atoms with Crippen molar-refractivity contribution in [3.05, 3.63) is 134 Å². The fourth-order valence-corrected chi connectivity index (χ4v) is 9.13. The summed E-state index contributed by atoms with van der Waals surface area (Å²) in [6.45, 7) is 3.70. The number of alkyl halides is 3. The third-order valence-electron chi connectivity index (χ3n) is 12.7. The molecule has 2 saturated heterocycles. The van der Waals surface area contributed by atoms with Crippen molar-refractivity contribution in [2.45, 2.75) is 57.3 Å². The van der Waals surface area contributed by atoms with Gasteiger partial charge >= 0.3 is 6.18 Å². The van der Waals surface area contributed by atoms with Gasteiger partial charge in [0.25, 0.3) is 11.5 Å². The fraction of sp³-hybridized carbons (Fsp3) is 0.347. The first-order valence-electron chi connectivity index (χ1n) is 22.5. The van der Waals surface area contributed by atoms with Crippen molar-refractivity contribution < 1.29 is 41.8 Å². The Morgan fingerprint density at radius 3 is 2.29 bits per heavy atom. The van der Waals surface area contributed by atoms with Crippen molar-refractivity contribution in [1.82, 2.24) is 34.9 Å². The van der Waals surface area contributed by atoms with E-state index in [1.807, 2.05) is 36.4 Å². The second kappa shape index (κ2) is 19.8. The molecule has 0 bridgehead atoms. The maximum Gasteiger partial charge on any atom is 0.416 e. The number of halogens is 4. The van der Waals surface area contributed by atoms with Crippen LogP contribution in [0.15, 0.2) is 89.7 Å². The molecule has 9 rings (SSSR count). The number of imide groups is 1. The molecule has 3 aliphatic heterocycles. The summed E-state index contributed by atoms with van der Waals surface area (Å²) in [6, 6.07) is 22.9. The molecule has 3 aliphatic rings. The first kappa shape index (κ1) is 46.4. The van der Waals surface area contributed by atoms with E-state index >= 15 is 0 Å². The molecule has 68 heavy (non-hydrogen) atoms. The number of piperidine rings is 1. The van der Waals surface area contributed by atoms with Gasteiger partial charge < -0.3 is 29.2 Å². The molecule has 0 spiro atoms. The molecule has 2 fully saturated rings. The number of benzene rings is 4. The van der Waals surface area contributed by atoms with Gasteiger partial charge in [-0.05, 0) is 103 Å². The lowest BCUT2D eigenvalue weighted by Crippen LogP contribution is -2.52. The summed E-state index contributed by atoms with van der Waals surface area (Å²) in [5, 5.41) is 5.91. The summed E-state index contributed by atoms with van der Waals surface area (Å²) in [7, 11) is 0. The van der Waals surface area contributed by atoms with Crippen molar-refractivity contribution in [2.24, 2.45) is 0 Å². The first-order chi connectivity index (χ1) is 32.8. The highest BCUT2D eigenvalue weighted by Gasteiger charge is 2.39. The van der Waals surface area contributed by atoms with E-state index in [0.29, 0.717) is 104 Å². The van der Waals surface area contributed by atoms with Gasteiger partial charge in [0.2, 0.25) is 23.7 Å². The second-order valence-corrected chi connectivity index (χ2v) is 17.5. The summed E-state index contributed by atoms with van der Waals surface area (Å²) >= 11 is 6.15. The number of hydrogen-bond donors (Lipinski definition) is 3. The quantitative estimate of drug-likeness (QED) is 0.0750. The molecular weight excluding hydrogens is 905 g/mol. The summed E-state index contributed by atoms with van der Waals surface area (Å²) in [5.74, 6) is -0.835. The van der Waals surface area contributed by atoms with Crippen molar-refractivity contribution in [3.63, 3.8) is 0 Å². The topological polar surface area (TPSA) is 175 Å². The number of nitrogens with one attached hydrogen (secondary N) is 3. The fourth-order valence-electron chi connectivity index (χ4n) is 8.95. The summed E-state index contributed by atoms with van der Waals surface area (Å²) < 4.78 is 52.8. The molecule has 4 amide bonds. The van der Waals surface area contributed by atoms with Crippen molar-refractivity contribution >= 4 is 52.0 Å². The summed E-state index contributed by atoms with van der Waals surface area (Å²) in [4.78, 5) is 77.0. The van der Waals surface area contributed by atoms with E-state index in [1.54, 1.807) is 29.2 Å². The second-order valence-electron chi connectivity index (χ2n) is 17.1. The third kappa shape index (κ3) is 10.2. The van der Waals surface area contributed by atoms with Gasteiger partial charge in [-0.3, -0.25) is 34.4 Å². The van der Waals surface area contributed by atoms with Crippen molar-refractivity contribution in [3.8, 4) is 17.2 Å². The predicted octanol–water partition coefficient (Wildman–Crippen LogP) is 6.24. The van der Waals surface area contributed by atoms with Gasteiger partial charge in [0.15, 0.2) is 0 Å². The number of H-pyrrole nitrogens is 2. The Balaban J connectivity index is 0.691. The normalized spacial score (nSPS) is 16.5. The lowest BCUT2D eigenvalue weighted by atomic mass is 9.99. The minimum atomic E-state index is -4.50. The number of fused-ring (bicyclic) bond motifs is 2. The number of hydrogen-bond acceptors (Lipinski definition) is 9. The zero-order chi connectivity index (χ0) is 47.5. The summed E-state index contributed by atoms with van der Waals surface area (Å²) in [5.41, 5.74) is 5.76. The van der Waals surface area contributed by atoms with Crippen molar-refractivity contribution in [1.29, 1.82) is 0 Å². The number of carbonyl (C=O) groups excluding carboxylic acids is 4. The minimum absolute atomic E-state index is 0.0412. The average Bonchev–Trinajstić information content (AvgIpc) is 4.01. The highest BCUT2D eigenvalue weighted by Crippen LogP contribution is 2.33. The molecule has 15 nitrogen and oxygen atoms in total. The molecule has 19 heteroatoms. The molecule has 1 atom stereocenters. The molecule has 3 N–H and O–H groups in total. The standard InChI is InChI=1S/C49H48ClF3N8O7/c50-35-12-16-39-40(27-35)55-48(54-39)61-47(66)38(44(57-61)32-8-10-34(11-9-32)49(51,52)53)14-7-31-5-3-30(4-6-31)2-1-23-67-24-25-68-29-43(63)59-21-19-58(20-22-59)36-13-15-37-33(26-36)28-60(46(37)65)41-17-18-42(62)56-45(41)64/h3-6,8-13,15-16,26-27,41,57H,1-2,7,14,17-25,28-29H2,(H,54,55)(H,56,62,64). The van der Waals surface area contributed by atoms with Gasteiger partial charge in [-0.25, -0.2) is 4.98 Å². The van der Waals surface area contributed by atoms with E-state index in [2.05, 4.69) is 25.3 Å². The molecular formula is C49H48ClF3N8O7. The number of ether oxygens (including phenoxy) is 2. The molecule has 4 aromatic carbocycles. The number of amides is 4. The maximum absolute atomic E-state index is 13.9. The Labute approximate surface area is 393 Å². The SMILES string of the molecule is O=C1CCC(N2Cc3cc(N4CCN(C(=O)COCCOCCCc5ccc(CCc6c(-c7ccc(C(F)(F)F)cc7)[nH]n(-c7nc8ccc(Cl)cc8[nH]7)c6=O)cc5)CC4)ccc3C2=O)C(=O)N1. The van der Waals surface area contributed by atoms with Gasteiger partial charge in [-0.1, -0.05) is 48.0 Å². The molecule has 5 heterocycles. The number of anilines is 1. The molecule has 0 saturated carbocycles. The van der Waals surface area contributed by atoms with Crippen LogP contribution in [0.1, 0.15) is 57.4 Å². The number of carbonyl (C=O) groups is 4. The van der Waals surface area contributed by atoms with E-state index in [9.17, 15) is 37.1 Å². The van der Waals surface area contributed by atoms with Gasteiger partial charge in [0.1, 0.15) is 12.6 Å². The third-order valence-corrected chi connectivity index (χ3v) is 12.9. The van der Waals surface area contributed by atoms with E-state index < -0.39 is 23.7 Å². The molecule has 2 aromatic heterocycles. The number of aryl methyl sites for hydroxylation is 2. The van der Waals surface area contributed by atoms with Crippen LogP contribution in [-0.4, -0.2) is 112 Å². The number of piperazine rings is 1.